The molecule has 0 bridgehead atoms. The number of phenolic OH excluding ortho intramolecular Hbond substituents is 1. The number of Topliss-reactive ketones (excluding diaryl/α,β-unsaturated/α-hetero) is 1. The highest BCUT2D eigenvalue weighted by atomic mass is 16.3. The Labute approximate surface area is 99.3 Å². The Bertz CT molecular complexity index is 512. The maximum Gasteiger partial charge on any atom is 0.147 e. The third-order valence-electron chi connectivity index (χ3n) is 2.51. The molecule has 3 rings (SSSR count). The van der Waals surface area contributed by atoms with Crippen molar-refractivity contribution < 1.29 is 9.90 Å². The van der Waals surface area contributed by atoms with Crippen molar-refractivity contribution in [1.82, 2.24) is 10.3 Å². The number of aromatic nitrogens is 1. The molecule has 4 nitrogen and oxygen atoms in total. The number of nitrogens with one attached hydrogen (secondary N) is 1. The molecule has 1 aliphatic heterocycles. The summed E-state index contributed by atoms with van der Waals surface area (Å²) in [5.74, 6) is 0.582. The van der Waals surface area contributed by atoms with Gasteiger partial charge in [0, 0.05) is 24.5 Å². The highest BCUT2D eigenvalue weighted by Crippen LogP contribution is 2.20. The van der Waals surface area contributed by atoms with E-state index < -0.39 is 0 Å². The summed E-state index contributed by atoms with van der Waals surface area (Å²) in [6.45, 7) is 1.48. The van der Waals surface area contributed by atoms with Gasteiger partial charge in [0.1, 0.15) is 17.0 Å². The topological polar surface area (TPSA) is 62.2 Å². The third-order valence-corrected chi connectivity index (χ3v) is 2.51. The van der Waals surface area contributed by atoms with Crippen molar-refractivity contribution >= 4 is 16.7 Å². The Kier molecular flexibility index (Phi) is 3.67. The zero-order valence-electron chi connectivity index (χ0n) is 9.39. The average Bonchev–Trinajstić information content (AvgIpc) is 2.82. The molecule has 1 aromatic heterocycles. The number of hydrogen-bond donors (Lipinski definition) is 2. The minimum Gasteiger partial charge on any atom is -0.506 e. The smallest absolute Gasteiger partial charge is 0.147 e. The van der Waals surface area contributed by atoms with Crippen molar-refractivity contribution in [1.29, 1.82) is 0 Å². The number of pyridine rings is 1. The summed E-state index contributed by atoms with van der Waals surface area (Å²) in [6.07, 6.45) is 2.40. The van der Waals surface area contributed by atoms with Crippen LogP contribution in [0.15, 0.2) is 36.5 Å². The van der Waals surface area contributed by atoms with Crippen molar-refractivity contribution in [2.24, 2.45) is 0 Å². The van der Waals surface area contributed by atoms with Crippen LogP contribution in [0.5, 0.6) is 5.75 Å². The molecule has 2 N–H and O–H groups in total. The van der Waals surface area contributed by atoms with Gasteiger partial charge in [-0.05, 0) is 12.1 Å². The first kappa shape index (κ1) is 11.5. The predicted octanol–water partition coefficient (Wildman–Crippen LogP) is 1.49. The van der Waals surface area contributed by atoms with Crippen LogP contribution in [0.2, 0.25) is 0 Å². The molecule has 0 radical (unpaired) electrons. The number of carbonyl (C=O) groups excluding carboxylic acids is 1. The standard InChI is InChI=1S/C9H7NO.C4H7NO/c11-8-5-1-3-7-4-2-6-10-9(7)8;6-4-1-2-5-3-4/h1-6,11H;5H,1-3H2. The number of para-hydroxylation sites is 1. The third kappa shape index (κ3) is 3.01. The van der Waals surface area contributed by atoms with Crippen molar-refractivity contribution in [3.8, 4) is 5.75 Å². The van der Waals surface area contributed by atoms with E-state index in [1.807, 2.05) is 18.2 Å². The number of hydrogen-bond acceptors (Lipinski definition) is 4. The SMILES string of the molecule is O=C1CCNC1.Oc1cccc2cccnc12. The Hall–Kier alpha value is -1.94. The number of aromatic hydroxyl groups is 1. The van der Waals surface area contributed by atoms with Gasteiger partial charge in [0.05, 0.1) is 6.54 Å². The molecular weight excluding hydrogens is 216 g/mol. The second kappa shape index (κ2) is 5.41. The van der Waals surface area contributed by atoms with E-state index in [1.54, 1.807) is 18.3 Å². The van der Waals surface area contributed by atoms with Crippen molar-refractivity contribution in [2.45, 2.75) is 6.42 Å². The molecule has 0 amide bonds. The molecule has 0 unspecified atom stereocenters. The van der Waals surface area contributed by atoms with Crippen molar-refractivity contribution in [3.63, 3.8) is 0 Å². The molecule has 0 atom stereocenters. The lowest BCUT2D eigenvalue weighted by Crippen LogP contribution is -2.07. The number of nitrogens with zero attached hydrogens (tertiary/aromatic N) is 1. The van der Waals surface area contributed by atoms with Crippen LogP contribution in [-0.4, -0.2) is 29.0 Å². The van der Waals surface area contributed by atoms with Gasteiger partial charge in [-0.15, -0.1) is 0 Å². The Morgan fingerprint density at radius 3 is 2.65 bits per heavy atom. The summed E-state index contributed by atoms with van der Waals surface area (Å²) in [6, 6.07) is 9.13. The van der Waals surface area contributed by atoms with Gasteiger partial charge in [0.2, 0.25) is 0 Å². The Morgan fingerprint density at radius 1 is 1.24 bits per heavy atom. The highest BCUT2D eigenvalue weighted by molar-refractivity contribution is 5.83. The second-order valence-electron chi connectivity index (χ2n) is 3.82. The van der Waals surface area contributed by atoms with Crippen LogP contribution in [0, 0.1) is 0 Å². The van der Waals surface area contributed by atoms with E-state index in [1.165, 1.54) is 0 Å². The van der Waals surface area contributed by atoms with Crippen molar-refractivity contribution in [3.05, 3.63) is 36.5 Å². The largest absolute Gasteiger partial charge is 0.506 e. The summed E-state index contributed by atoms with van der Waals surface area (Å²) in [5, 5.41) is 13.2. The lowest BCUT2D eigenvalue weighted by Gasteiger charge is -1.96. The van der Waals surface area contributed by atoms with Crippen LogP contribution in [0.3, 0.4) is 0 Å². The molecule has 4 heteroatoms. The zero-order chi connectivity index (χ0) is 12.1. The minimum atomic E-state index is 0.239. The minimum absolute atomic E-state index is 0.239. The number of benzene rings is 1. The van der Waals surface area contributed by atoms with Crippen LogP contribution in [0.4, 0.5) is 0 Å². The lowest BCUT2D eigenvalue weighted by atomic mass is 10.2. The fourth-order valence-corrected chi connectivity index (χ4v) is 1.63. The van der Waals surface area contributed by atoms with Crippen LogP contribution < -0.4 is 5.32 Å². The van der Waals surface area contributed by atoms with Crippen LogP contribution in [0.25, 0.3) is 10.9 Å². The van der Waals surface area contributed by atoms with E-state index in [4.69, 9.17) is 0 Å². The monoisotopic (exact) mass is 230 g/mol. The van der Waals surface area contributed by atoms with Gasteiger partial charge in [-0.2, -0.15) is 0 Å². The molecule has 1 fully saturated rings. The fourth-order valence-electron chi connectivity index (χ4n) is 1.63. The van der Waals surface area contributed by atoms with Gasteiger partial charge in [0.15, 0.2) is 0 Å². The number of carbonyl (C=O) groups is 1. The maximum absolute atomic E-state index is 10.2. The number of phenols is 1. The zero-order valence-corrected chi connectivity index (χ0v) is 9.39. The number of fused-ring (bicyclic) bond motifs is 1. The van der Waals surface area contributed by atoms with E-state index in [0.717, 1.165) is 18.4 Å². The molecule has 0 spiro atoms. The summed E-state index contributed by atoms with van der Waals surface area (Å²) in [4.78, 5) is 14.2. The molecule has 2 heterocycles. The molecular formula is C13H14N2O2. The van der Waals surface area contributed by atoms with E-state index in [9.17, 15) is 9.90 Å². The number of rotatable bonds is 0. The summed E-state index contributed by atoms with van der Waals surface area (Å²) >= 11 is 0. The Morgan fingerprint density at radius 2 is 2.06 bits per heavy atom. The van der Waals surface area contributed by atoms with Gasteiger partial charge >= 0.3 is 0 Å². The number of ketones is 1. The van der Waals surface area contributed by atoms with Crippen LogP contribution in [0.1, 0.15) is 6.42 Å². The summed E-state index contributed by atoms with van der Waals surface area (Å²) in [7, 11) is 0. The normalized spacial score (nSPS) is 14.5. The predicted molar refractivity (Wildman–Crippen MR) is 65.9 cm³/mol. The van der Waals surface area contributed by atoms with Gasteiger partial charge in [0.25, 0.3) is 0 Å². The van der Waals surface area contributed by atoms with Crippen LogP contribution in [-0.2, 0) is 4.79 Å². The molecule has 2 aromatic rings. The Balaban J connectivity index is 0.000000153. The first-order chi connectivity index (χ1) is 8.27. The molecule has 17 heavy (non-hydrogen) atoms. The molecule has 0 saturated carbocycles. The van der Waals surface area contributed by atoms with Gasteiger partial charge < -0.3 is 10.4 Å². The van der Waals surface area contributed by atoms with Gasteiger partial charge in [-0.3, -0.25) is 9.78 Å². The summed E-state index contributed by atoms with van der Waals surface area (Å²) < 4.78 is 0. The lowest BCUT2D eigenvalue weighted by molar-refractivity contribution is -0.116. The van der Waals surface area contributed by atoms with E-state index in [-0.39, 0.29) is 5.75 Å². The maximum atomic E-state index is 10.2. The first-order valence-electron chi connectivity index (χ1n) is 5.52. The fraction of sp³-hybridized carbons (Fsp3) is 0.231. The van der Waals surface area contributed by atoms with Gasteiger partial charge in [-0.1, -0.05) is 18.2 Å². The highest BCUT2D eigenvalue weighted by Gasteiger charge is 2.06. The second-order valence-corrected chi connectivity index (χ2v) is 3.82. The molecule has 0 aliphatic carbocycles. The average molecular weight is 230 g/mol. The van der Waals surface area contributed by atoms with Crippen LogP contribution >= 0.6 is 0 Å². The van der Waals surface area contributed by atoms with Crippen molar-refractivity contribution in [2.75, 3.05) is 13.1 Å². The first-order valence-corrected chi connectivity index (χ1v) is 5.52. The molecule has 88 valence electrons. The molecule has 1 aliphatic rings. The molecule has 1 saturated heterocycles. The van der Waals surface area contributed by atoms with E-state index in [2.05, 4.69) is 10.3 Å². The van der Waals surface area contributed by atoms with E-state index in [0.29, 0.717) is 17.8 Å². The summed E-state index contributed by atoms with van der Waals surface area (Å²) in [5.41, 5.74) is 0.662. The van der Waals surface area contributed by atoms with E-state index >= 15 is 0 Å². The quantitative estimate of drug-likeness (QED) is 0.719. The molecule has 1 aromatic carbocycles. The van der Waals surface area contributed by atoms with Gasteiger partial charge in [-0.25, -0.2) is 0 Å².